The molecule has 3 heterocycles. The van der Waals surface area contributed by atoms with Gasteiger partial charge in [-0.25, -0.2) is 4.98 Å². The molecule has 7 nitrogen and oxygen atoms in total. The number of nitrogens with zero attached hydrogens (tertiary/aromatic N) is 4. The molecule has 0 spiro atoms. The molecule has 3 rings (SSSR count). The number of carbonyl (C=O) groups excluding carboxylic acids is 2. The number of carbonyl (C=O) groups is 2. The molecule has 8 heteroatoms. The van der Waals surface area contributed by atoms with Gasteiger partial charge in [-0.3, -0.25) is 14.3 Å². The quantitative estimate of drug-likeness (QED) is 0.904. The smallest absolute Gasteiger partial charge is 0.273 e. The number of hydrogen-bond donors (Lipinski definition) is 1. The summed E-state index contributed by atoms with van der Waals surface area (Å²) in [6.45, 7) is 0.918. The van der Waals surface area contributed by atoms with Gasteiger partial charge in [0.2, 0.25) is 5.91 Å². The van der Waals surface area contributed by atoms with Gasteiger partial charge >= 0.3 is 0 Å². The first-order chi connectivity index (χ1) is 10.7. The van der Waals surface area contributed by atoms with Crippen molar-refractivity contribution in [3.8, 4) is 0 Å². The van der Waals surface area contributed by atoms with Crippen LogP contribution in [0, 0.1) is 0 Å². The van der Waals surface area contributed by atoms with Crippen molar-refractivity contribution in [2.24, 2.45) is 0 Å². The van der Waals surface area contributed by atoms with E-state index >= 15 is 0 Å². The van der Waals surface area contributed by atoms with Crippen LogP contribution in [0.4, 0.5) is 0 Å². The van der Waals surface area contributed by atoms with Crippen LogP contribution in [0.3, 0.4) is 0 Å². The minimum Gasteiger partial charge on any atom is -0.357 e. The minimum absolute atomic E-state index is 0.132. The van der Waals surface area contributed by atoms with Crippen LogP contribution < -0.4 is 5.32 Å². The molecule has 1 N–H and O–H groups in total. The molecule has 1 aliphatic rings. The van der Waals surface area contributed by atoms with Crippen molar-refractivity contribution in [3.63, 3.8) is 0 Å². The normalized spacial score (nSPS) is 21.6. The van der Waals surface area contributed by atoms with Crippen molar-refractivity contribution in [1.29, 1.82) is 0 Å². The summed E-state index contributed by atoms with van der Waals surface area (Å²) >= 11 is 1.38. The van der Waals surface area contributed by atoms with E-state index in [1.807, 2.05) is 0 Å². The van der Waals surface area contributed by atoms with E-state index < -0.39 is 5.54 Å². The Morgan fingerprint density at radius 2 is 2.32 bits per heavy atom. The second-order valence-electron chi connectivity index (χ2n) is 5.27. The first-order valence-electron chi connectivity index (χ1n) is 7.07. The van der Waals surface area contributed by atoms with Crippen LogP contribution >= 0.6 is 11.3 Å². The van der Waals surface area contributed by atoms with Gasteiger partial charge in [0.1, 0.15) is 5.69 Å². The van der Waals surface area contributed by atoms with E-state index in [0.29, 0.717) is 25.2 Å². The maximum atomic E-state index is 12.5. The van der Waals surface area contributed by atoms with Gasteiger partial charge in [-0.15, -0.1) is 11.3 Å². The van der Waals surface area contributed by atoms with Gasteiger partial charge in [0.15, 0.2) is 5.54 Å². The third kappa shape index (κ3) is 2.39. The number of hydrogen-bond acceptors (Lipinski definition) is 5. The minimum atomic E-state index is -0.859. The number of rotatable bonds is 3. The van der Waals surface area contributed by atoms with Gasteiger partial charge in [0.25, 0.3) is 5.91 Å². The average molecular weight is 319 g/mol. The molecular weight excluding hydrogens is 302 g/mol. The van der Waals surface area contributed by atoms with Crippen molar-refractivity contribution in [1.82, 2.24) is 25.0 Å². The number of thiazole rings is 1. The standard InChI is InChI=1S/C14H17N5O2S/c1-15-13(21)14(19-7-3-5-17-19)4-2-6-18(9-14)12(20)11-8-22-10-16-11/h3,5,7-8,10H,2,4,6,9H2,1H3,(H,15,21). The third-order valence-electron chi connectivity index (χ3n) is 4.00. The van der Waals surface area contributed by atoms with Crippen LogP contribution in [0.2, 0.25) is 0 Å². The molecular formula is C14H17N5O2S. The summed E-state index contributed by atoms with van der Waals surface area (Å²) < 4.78 is 1.66. The summed E-state index contributed by atoms with van der Waals surface area (Å²) in [4.78, 5) is 30.8. The molecule has 1 fully saturated rings. The second kappa shape index (κ2) is 5.88. The van der Waals surface area contributed by atoms with Gasteiger partial charge in [-0.1, -0.05) is 0 Å². The van der Waals surface area contributed by atoms with Gasteiger partial charge in [0, 0.05) is 31.4 Å². The predicted octanol–water partition coefficient (Wildman–Crippen LogP) is 0.717. The fourth-order valence-electron chi connectivity index (χ4n) is 2.92. The molecule has 0 aliphatic carbocycles. The van der Waals surface area contributed by atoms with Gasteiger partial charge in [-0.05, 0) is 18.9 Å². The summed E-state index contributed by atoms with van der Waals surface area (Å²) in [7, 11) is 1.61. The maximum absolute atomic E-state index is 12.5. The lowest BCUT2D eigenvalue weighted by atomic mass is 9.87. The number of amides is 2. The topological polar surface area (TPSA) is 80.1 Å². The Morgan fingerprint density at radius 1 is 1.45 bits per heavy atom. The molecule has 0 saturated carbocycles. The molecule has 2 aromatic rings. The maximum Gasteiger partial charge on any atom is 0.273 e. The molecule has 0 bridgehead atoms. The fourth-order valence-corrected chi connectivity index (χ4v) is 3.45. The van der Waals surface area contributed by atoms with Crippen LogP contribution in [0.15, 0.2) is 29.4 Å². The lowest BCUT2D eigenvalue weighted by molar-refractivity contribution is -0.132. The van der Waals surface area contributed by atoms with Crippen molar-refractivity contribution in [2.75, 3.05) is 20.1 Å². The lowest BCUT2D eigenvalue weighted by Crippen LogP contribution is -2.59. The molecule has 2 aromatic heterocycles. The average Bonchev–Trinajstić information content (AvgIpc) is 3.26. The zero-order valence-electron chi connectivity index (χ0n) is 12.2. The molecule has 2 amide bonds. The van der Waals surface area contributed by atoms with Crippen molar-refractivity contribution in [3.05, 3.63) is 35.0 Å². The first kappa shape index (κ1) is 14.7. The van der Waals surface area contributed by atoms with Crippen LogP contribution in [0.25, 0.3) is 0 Å². The molecule has 1 unspecified atom stereocenters. The van der Waals surface area contributed by atoms with Gasteiger partial charge in [-0.2, -0.15) is 5.10 Å². The monoisotopic (exact) mass is 319 g/mol. The Hall–Kier alpha value is -2.22. The highest BCUT2D eigenvalue weighted by Gasteiger charge is 2.45. The molecule has 0 aromatic carbocycles. The summed E-state index contributed by atoms with van der Waals surface area (Å²) in [5.74, 6) is -0.270. The first-order valence-corrected chi connectivity index (χ1v) is 8.01. The summed E-state index contributed by atoms with van der Waals surface area (Å²) in [6, 6.07) is 1.78. The van der Waals surface area contributed by atoms with E-state index in [9.17, 15) is 9.59 Å². The fraction of sp³-hybridized carbons (Fsp3) is 0.429. The van der Waals surface area contributed by atoms with Crippen LogP contribution in [-0.2, 0) is 10.3 Å². The zero-order valence-corrected chi connectivity index (χ0v) is 13.0. The van der Waals surface area contributed by atoms with Gasteiger partial charge in [0.05, 0.1) is 12.1 Å². The molecule has 1 atom stereocenters. The van der Waals surface area contributed by atoms with E-state index in [1.165, 1.54) is 11.3 Å². The number of piperidine rings is 1. The number of likely N-dealkylation sites (tertiary alicyclic amines) is 1. The lowest BCUT2D eigenvalue weighted by Gasteiger charge is -2.41. The SMILES string of the molecule is CNC(=O)C1(n2cccn2)CCCN(C(=O)c2cscn2)C1. The molecule has 1 aliphatic heterocycles. The summed E-state index contributed by atoms with van der Waals surface area (Å²) in [5, 5.41) is 8.68. The van der Waals surface area contributed by atoms with Crippen LogP contribution in [0.1, 0.15) is 23.3 Å². The van der Waals surface area contributed by atoms with Gasteiger partial charge < -0.3 is 10.2 Å². The Morgan fingerprint density at radius 3 is 2.95 bits per heavy atom. The van der Waals surface area contributed by atoms with Crippen molar-refractivity contribution in [2.45, 2.75) is 18.4 Å². The number of nitrogens with one attached hydrogen (secondary N) is 1. The van der Waals surface area contributed by atoms with Crippen molar-refractivity contribution < 1.29 is 9.59 Å². The van der Waals surface area contributed by atoms with E-state index in [-0.39, 0.29) is 11.8 Å². The van der Waals surface area contributed by atoms with E-state index in [1.54, 1.807) is 46.0 Å². The number of aromatic nitrogens is 3. The molecule has 22 heavy (non-hydrogen) atoms. The second-order valence-corrected chi connectivity index (χ2v) is 5.98. The zero-order chi connectivity index (χ0) is 15.6. The largest absolute Gasteiger partial charge is 0.357 e. The summed E-state index contributed by atoms with van der Waals surface area (Å²) in [5.41, 5.74) is 1.21. The van der Waals surface area contributed by atoms with E-state index in [0.717, 1.165) is 6.42 Å². The Kier molecular flexibility index (Phi) is 3.93. The van der Waals surface area contributed by atoms with Crippen LogP contribution in [0.5, 0.6) is 0 Å². The van der Waals surface area contributed by atoms with E-state index in [4.69, 9.17) is 0 Å². The number of likely N-dealkylation sites (N-methyl/N-ethyl adjacent to an activating group) is 1. The van der Waals surface area contributed by atoms with E-state index in [2.05, 4.69) is 15.4 Å². The molecule has 116 valence electrons. The highest BCUT2D eigenvalue weighted by molar-refractivity contribution is 7.07. The highest BCUT2D eigenvalue weighted by Crippen LogP contribution is 2.29. The predicted molar refractivity (Wildman–Crippen MR) is 81.5 cm³/mol. The highest BCUT2D eigenvalue weighted by atomic mass is 32.1. The molecule has 0 radical (unpaired) electrons. The Labute approximate surface area is 132 Å². The van der Waals surface area contributed by atoms with Crippen LogP contribution in [-0.4, -0.2) is 51.6 Å². The Balaban J connectivity index is 1.92. The third-order valence-corrected chi connectivity index (χ3v) is 4.59. The van der Waals surface area contributed by atoms with Crippen molar-refractivity contribution >= 4 is 23.2 Å². The molecule has 1 saturated heterocycles. The summed E-state index contributed by atoms with van der Waals surface area (Å²) in [6.07, 6.45) is 4.80. The Bertz CT molecular complexity index is 655.